The Morgan fingerprint density at radius 3 is 2.83 bits per heavy atom. The van der Waals surface area contributed by atoms with E-state index in [9.17, 15) is 14.9 Å². The number of hydrogen-bond donors (Lipinski definition) is 1. The number of nitrogens with one attached hydrogen (secondary N) is 1. The molecule has 4 rings (SSSR count). The summed E-state index contributed by atoms with van der Waals surface area (Å²) in [5.74, 6) is 1.24. The number of aromatic nitrogens is 4. The number of anilines is 1. The van der Waals surface area contributed by atoms with Crippen LogP contribution >= 0.6 is 11.8 Å². The molecule has 1 amide bonds. The molecule has 0 bridgehead atoms. The molecule has 10 nitrogen and oxygen atoms in total. The van der Waals surface area contributed by atoms with Crippen molar-refractivity contribution < 1.29 is 14.5 Å². The number of benzene rings is 1. The first-order valence-corrected chi connectivity index (χ1v) is 12.7. The van der Waals surface area contributed by atoms with Gasteiger partial charge in [-0.25, -0.2) is 0 Å². The lowest BCUT2D eigenvalue weighted by Gasteiger charge is -2.31. The second-order valence-corrected chi connectivity index (χ2v) is 9.40. The van der Waals surface area contributed by atoms with Gasteiger partial charge in [-0.2, -0.15) is 0 Å². The van der Waals surface area contributed by atoms with Gasteiger partial charge in [0.15, 0.2) is 11.0 Å². The van der Waals surface area contributed by atoms with Crippen molar-refractivity contribution in [3.63, 3.8) is 0 Å². The average Bonchev–Trinajstić information content (AvgIpc) is 3.28. The van der Waals surface area contributed by atoms with E-state index in [1.807, 2.05) is 12.1 Å². The van der Waals surface area contributed by atoms with Crippen LogP contribution < -0.4 is 10.1 Å². The lowest BCUT2D eigenvalue weighted by atomic mass is 9.85. The first-order chi connectivity index (χ1) is 17.0. The highest BCUT2D eigenvalue weighted by atomic mass is 32.2. The number of ether oxygens (including phenoxy) is 1. The Morgan fingerprint density at radius 2 is 2.11 bits per heavy atom. The second kappa shape index (κ2) is 11.3. The number of rotatable bonds is 9. The van der Waals surface area contributed by atoms with Crippen molar-refractivity contribution in [1.29, 1.82) is 0 Å². The minimum Gasteiger partial charge on any atom is -0.494 e. The number of carbonyl (C=O) groups is 1. The summed E-state index contributed by atoms with van der Waals surface area (Å²) >= 11 is 1.27. The molecule has 2 heterocycles. The van der Waals surface area contributed by atoms with Crippen LogP contribution in [0.5, 0.6) is 5.75 Å². The average molecular weight is 497 g/mol. The van der Waals surface area contributed by atoms with Crippen molar-refractivity contribution in [2.24, 2.45) is 5.92 Å². The van der Waals surface area contributed by atoms with E-state index < -0.39 is 4.92 Å². The molecule has 1 fully saturated rings. The van der Waals surface area contributed by atoms with Gasteiger partial charge in [0, 0.05) is 24.0 Å². The van der Waals surface area contributed by atoms with Crippen LogP contribution in [0.1, 0.15) is 45.6 Å². The zero-order chi connectivity index (χ0) is 24.8. The summed E-state index contributed by atoms with van der Waals surface area (Å²) in [5, 5.41) is 23.6. The Kier molecular flexibility index (Phi) is 7.96. The summed E-state index contributed by atoms with van der Waals surface area (Å²) < 4.78 is 7.47. The van der Waals surface area contributed by atoms with E-state index in [2.05, 4.69) is 32.0 Å². The molecule has 35 heavy (non-hydrogen) atoms. The van der Waals surface area contributed by atoms with Gasteiger partial charge in [0.2, 0.25) is 5.91 Å². The maximum absolute atomic E-state index is 12.7. The fraction of sp³-hybridized carbons (Fsp3) is 0.417. The third-order valence-corrected chi connectivity index (χ3v) is 7.01. The number of amides is 1. The van der Waals surface area contributed by atoms with Gasteiger partial charge in [-0.1, -0.05) is 31.5 Å². The van der Waals surface area contributed by atoms with Crippen LogP contribution in [0.2, 0.25) is 0 Å². The maximum atomic E-state index is 12.7. The Morgan fingerprint density at radius 1 is 1.29 bits per heavy atom. The number of nitro groups is 1. The largest absolute Gasteiger partial charge is 0.494 e. The van der Waals surface area contributed by atoms with Crippen LogP contribution in [-0.2, 0) is 4.79 Å². The predicted octanol–water partition coefficient (Wildman–Crippen LogP) is 5.13. The Balaban J connectivity index is 1.53. The molecule has 184 valence electrons. The smallest absolute Gasteiger partial charge is 0.296 e. The van der Waals surface area contributed by atoms with Gasteiger partial charge in [-0.15, -0.1) is 10.2 Å². The van der Waals surface area contributed by atoms with Gasteiger partial charge >= 0.3 is 0 Å². The molecule has 1 aliphatic rings. The van der Waals surface area contributed by atoms with Crippen LogP contribution in [-0.4, -0.2) is 42.9 Å². The maximum Gasteiger partial charge on any atom is 0.296 e. The fourth-order valence-corrected chi connectivity index (χ4v) is 5.18. The van der Waals surface area contributed by atoms with E-state index in [0.29, 0.717) is 23.4 Å². The molecule has 1 N–H and O–H groups in total. The van der Waals surface area contributed by atoms with Crippen molar-refractivity contribution in [1.82, 2.24) is 19.7 Å². The first-order valence-electron chi connectivity index (χ1n) is 11.7. The van der Waals surface area contributed by atoms with Gasteiger partial charge in [0.1, 0.15) is 11.4 Å². The third kappa shape index (κ3) is 5.79. The number of carbonyl (C=O) groups excluding carboxylic acids is 1. The molecule has 0 spiro atoms. The highest BCUT2D eigenvalue weighted by molar-refractivity contribution is 7.99. The van der Waals surface area contributed by atoms with Crippen molar-refractivity contribution in [3.05, 3.63) is 52.8 Å². The van der Waals surface area contributed by atoms with E-state index in [1.165, 1.54) is 30.3 Å². The van der Waals surface area contributed by atoms with Gasteiger partial charge in [0.05, 0.1) is 23.3 Å². The predicted molar refractivity (Wildman–Crippen MR) is 134 cm³/mol. The number of hydrogen-bond acceptors (Lipinski definition) is 8. The molecule has 0 radical (unpaired) electrons. The molecule has 2 aromatic heterocycles. The van der Waals surface area contributed by atoms with E-state index >= 15 is 0 Å². The van der Waals surface area contributed by atoms with E-state index in [1.54, 1.807) is 25.4 Å². The zero-order valence-corrected chi connectivity index (χ0v) is 20.5. The summed E-state index contributed by atoms with van der Waals surface area (Å²) in [6, 6.07) is 8.44. The number of nitro benzene ring substituents is 1. The molecule has 1 aliphatic carbocycles. The molecule has 3 aromatic rings. The Bertz CT molecular complexity index is 1190. The summed E-state index contributed by atoms with van der Waals surface area (Å²) in [5.41, 5.74) is 0.786. The fourth-order valence-electron chi connectivity index (χ4n) is 4.39. The van der Waals surface area contributed by atoms with Gasteiger partial charge in [0.25, 0.3) is 5.69 Å². The summed E-state index contributed by atoms with van der Waals surface area (Å²) in [6.07, 6.45) is 7.96. The molecule has 2 atom stereocenters. The van der Waals surface area contributed by atoms with Crippen molar-refractivity contribution in [2.75, 3.05) is 17.7 Å². The molecule has 11 heteroatoms. The third-order valence-electron chi connectivity index (χ3n) is 6.07. The number of pyridine rings is 1. The monoisotopic (exact) mass is 496 g/mol. The summed E-state index contributed by atoms with van der Waals surface area (Å²) in [4.78, 5) is 27.9. The van der Waals surface area contributed by atoms with Crippen LogP contribution in [0.3, 0.4) is 0 Å². The van der Waals surface area contributed by atoms with Gasteiger partial charge in [-0.3, -0.25) is 24.5 Å². The van der Waals surface area contributed by atoms with Crippen LogP contribution in [0.15, 0.2) is 47.9 Å². The van der Waals surface area contributed by atoms with E-state index in [4.69, 9.17) is 4.74 Å². The summed E-state index contributed by atoms with van der Waals surface area (Å²) in [6.45, 7) is 4.43. The Hall–Kier alpha value is -3.47. The van der Waals surface area contributed by atoms with E-state index in [0.717, 1.165) is 30.7 Å². The zero-order valence-electron chi connectivity index (χ0n) is 19.7. The van der Waals surface area contributed by atoms with Crippen LogP contribution in [0.25, 0.3) is 11.4 Å². The van der Waals surface area contributed by atoms with Crippen molar-refractivity contribution in [2.45, 2.75) is 50.7 Å². The van der Waals surface area contributed by atoms with Gasteiger partial charge in [-0.05, 0) is 49.9 Å². The standard InChI is InChI=1S/C24H28N6O4S/c1-3-34-18-10-11-19(21(13-18)30(32)33)26-22(31)15-35-24-28-27-23(17-8-6-12-25-14-17)29(24)20-9-5-4-7-16(20)2/h6,8,10-14,16,20H,3-5,7,9,15H2,1-2H3,(H,26,31)/t16-,20+/m1/s1. The second-order valence-electron chi connectivity index (χ2n) is 8.45. The highest BCUT2D eigenvalue weighted by Crippen LogP contribution is 2.39. The summed E-state index contributed by atoms with van der Waals surface area (Å²) in [7, 11) is 0. The van der Waals surface area contributed by atoms with Gasteiger partial charge < -0.3 is 10.1 Å². The molecule has 0 unspecified atom stereocenters. The molecule has 1 saturated carbocycles. The van der Waals surface area contributed by atoms with Crippen molar-refractivity contribution >= 4 is 29.0 Å². The molecular weight excluding hydrogens is 468 g/mol. The minimum atomic E-state index is -0.535. The van der Waals surface area contributed by atoms with Crippen LogP contribution in [0, 0.1) is 16.0 Å². The lowest BCUT2D eigenvalue weighted by molar-refractivity contribution is -0.384. The first kappa shape index (κ1) is 24.6. The SMILES string of the molecule is CCOc1ccc(NC(=O)CSc2nnc(-c3cccnc3)n2[C@H]2CCCC[C@H]2C)c([N+](=O)[O-])c1. The minimum absolute atomic E-state index is 0.0383. The molecular formula is C24H28N6O4S. The number of nitrogens with zero attached hydrogens (tertiary/aromatic N) is 5. The normalized spacial score (nSPS) is 17.7. The number of thioether (sulfide) groups is 1. The van der Waals surface area contributed by atoms with E-state index in [-0.39, 0.29) is 29.1 Å². The molecule has 1 aromatic carbocycles. The molecule has 0 saturated heterocycles. The van der Waals surface area contributed by atoms with Crippen molar-refractivity contribution in [3.8, 4) is 17.1 Å². The molecule has 0 aliphatic heterocycles. The Labute approximate surface area is 207 Å². The topological polar surface area (TPSA) is 125 Å². The quantitative estimate of drug-likeness (QED) is 0.246. The highest BCUT2D eigenvalue weighted by Gasteiger charge is 2.29. The lowest BCUT2D eigenvalue weighted by Crippen LogP contribution is -2.23. The van der Waals surface area contributed by atoms with Crippen LogP contribution in [0.4, 0.5) is 11.4 Å².